The molecule has 4 heteroatoms. The first kappa shape index (κ1) is 10.2. The van der Waals surface area contributed by atoms with Gasteiger partial charge in [-0.3, -0.25) is 0 Å². The van der Waals surface area contributed by atoms with Crippen LogP contribution in [0.4, 0.5) is 0 Å². The SMILES string of the molecule is O=S(=O)([O-])CCCc1ccccc1. The minimum Gasteiger partial charge on any atom is -0.748 e. The van der Waals surface area contributed by atoms with Crippen LogP contribution in [0.2, 0.25) is 0 Å². The van der Waals surface area contributed by atoms with Crippen LogP contribution < -0.4 is 0 Å². The van der Waals surface area contributed by atoms with Crippen LogP contribution in [-0.4, -0.2) is 18.7 Å². The van der Waals surface area contributed by atoms with Crippen molar-refractivity contribution in [1.29, 1.82) is 0 Å². The van der Waals surface area contributed by atoms with E-state index in [4.69, 9.17) is 0 Å². The summed E-state index contributed by atoms with van der Waals surface area (Å²) in [5.74, 6) is -0.276. The van der Waals surface area contributed by atoms with Crippen molar-refractivity contribution < 1.29 is 13.0 Å². The third-order valence-corrected chi connectivity index (χ3v) is 2.49. The van der Waals surface area contributed by atoms with E-state index in [1.807, 2.05) is 30.3 Å². The molecule has 1 aromatic rings. The van der Waals surface area contributed by atoms with E-state index in [1.54, 1.807) is 0 Å². The molecule has 0 aliphatic heterocycles. The molecule has 0 radical (unpaired) electrons. The van der Waals surface area contributed by atoms with Crippen molar-refractivity contribution in [2.24, 2.45) is 0 Å². The monoisotopic (exact) mass is 199 g/mol. The zero-order valence-corrected chi connectivity index (χ0v) is 7.96. The highest BCUT2D eigenvalue weighted by molar-refractivity contribution is 7.85. The third kappa shape index (κ3) is 4.65. The summed E-state index contributed by atoms with van der Waals surface area (Å²) >= 11 is 0. The Labute approximate surface area is 78.2 Å². The van der Waals surface area contributed by atoms with Gasteiger partial charge in [-0.05, 0) is 18.4 Å². The van der Waals surface area contributed by atoms with E-state index in [0.29, 0.717) is 12.8 Å². The summed E-state index contributed by atoms with van der Waals surface area (Å²) in [7, 11) is -4.04. The Morgan fingerprint density at radius 1 is 1.15 bits per heavy atom. The second-order valence-electron chi connectivity index (χ2n) is 2.85. The van der Waals surface area contributed by atoms with Crippen molar-refractivity contribution in [2.45, 2.75) is 12.8 Å². The van der Waals surface area contributed by atoms with Crippen molar-refractivity contribution in [3.8, 4) is 0 Å². The van der Waals surface area contributed by atoms with Gasteiger partial charge in [0.2, 0.25) is 0 Å². The Bertz CT molecular complexity index is 342. The van der Waals surface area contributed by atoms with E-state index in [-0.39, 0.29) is 5.75 Å². The molecule has 0 N–H and O–H groups in total. The Morgan fingerprint density at radius 2 is 1.77 bits per heavy atom. The number of aryl methyl sites for hydroxylation is 1. The summed E-state index contributed by atoms with van der Waals surface area (Å²) in [5.41, 5.74) is 1.06. The number of rotatable bonds is 4. The number of hydrogen-bond acceptors (Lipinski definition) is 3. The van der Waals surface area contributed by atoms with Gasteiger partial charge in [0.1, 0.15) is 0 Å². The summed E-state index contributed by atoms with van der Waals surface area (Å²) in [4.78, 5) is 0. The Balaban J connectivity index is 2.37. The molecular weight excluding hydrogens is 188 g/mol. The Hall–Kier alpha value is -0.870. The molecule has 0 amide bonds. The molecule has 72 valence electrons. The first-order valence-corrected chi connectivity index (χ1v) is 5.63. The molecule has 1 aromatic carbocycles. The van der Waals surface area contributed by atoms with Gasteiger partial charge in [0.25, 0.3) is 0 Å². The second-order valence-corrected chi connectivity index (χ2v) is 4.37. The standard InChI is InChI=1S/C9H12O3S/c10-13(11,12)8-4-7-9-5-2-1-3-6-9/h1-3,5-6H,4,7-8H2,(H,10,11,12)/p-1. The quantitative estimate of drug-likeness (QED) is 0.684. The lowest BCUT2D eigenvalue weighted by molar-refractivity contribution is 0.461. The van der Waals surface area contributed by atoms with Crippen molar-refractivity contribution >= 4 is 10.1 Å². The molecule has 0 aromatic heterocycles. The fraction of sp³-hybridized carbons (Fsp3) is 0.333. The lowest BCUT2D eigenvalue weighted by atomic mass is 10.1. The molecule has 13 heavy (non-hydrogen) atoms. The summed E-state index contributed by atoms with van der Waals surface area (Å²) in [6, 6.07) is 9.50. The molecule has 0 spiro atoms. The third-order valence-electron chi connectivity index (χ3n) is 1.70. The zero-order chi connectivity index (χ0) is 9.73. The van der Waals surface area contributed by atoms with E-state index in [2.05, 4.69) is 0 Å². The fourth-order valence-corrected chi connectivity index (χ4v) is 1.60. The van der Waals surface area contributed by atoms with Gasteiger partial charge >= 0.3 is 0 Å². The molecule has 0 saturated carbocycles. The molecule has 0 aliphatic carbocycles. The van der Waals surface area contributed by atoms with E-state index in [0.717, 1.165) is 5.56 Å². The maximum Gasteiger partial charge on any atom is 0.0946 e. The minimum absolute atomic E-state index is 0.276. The maximum atomic E-state index is 10.3. The highest BCUT2D eigenvalue weighted by Crippen LogP contribution is 2.03. The molecule has 0 fully saturated rings. The second kappa shape index (κ2) is 4.39. The van der Waals surface area contributed by atoms with Gasteiger partial charge in [0.05, 0.1) is 10.1 Å². The topological polar surface area (TPSA) is 57.2 Å². The predicted molar refractivity (Wildman–Crippen MR) is 49.3 cm³/mol. The van der Waals surface area contributed by atoms with Crippen molar-refractivity contribution in [2.75, 3.05) is 5.75 Å². The van der Waals surface area contributed by atoms with Crippen LogP contribution in [0.5, 0.6) is 0 Å². The van der Waals surface area contributed by atoms with Gasteiger partial charge in [0, 0.05) is 5.75 Å². The van der Waals surface area contributed by atoms with Gasteiger partial charge in [-0.1, -0.05) is 30.3 Å². The van der Waals surface area contributed by atoms with Crippen molar-refractivity contribution in [3.63, 3.8) is 0 Å². The van der Waals surface area contributed by atoms with Crippen LogP contribution in [0.25, 0.3) is 0 Å². The lowest BCUT2D eigenvalue weighted by Gasteiger charge is -2.05. The smallest absolute Gasteiger partial charge is 0.0946 e. The average Bonchev–Trinajstić information content (AvgIpc) is 2.04. The van der Waals surface area contributed by atoms with Gasteiger partial charge in [-0.2, -0.15) is 0 Å². The normalized spacial score (nSPS) is 11.5. The average molecular weight is 199 g/mol. The van der Waals surface area contributed by atoms with E-state index >= 15 is 0 Å². The van der Waals surface area contributed by atoms with E-state index < -0.39 is 10.1 Å². The molecule has 3 nitrogen and oxygen atoms in total. The summed E-state index contributed by atoms with van der Waals surface area (Å²) in [6.07, 6.45) is 1.04. The van der Waals surface area contributed by atoms with Gasteiger partial charge < -0.3 is 4.55 Å². The van der Waals surface area contributed by atoms with Crippen LogP contribution in [0.15, 0.2) is 30.3 Å². The van der Waals surface area contributed by atoms with Gasteiger partial charge in [-0.15, -0.1) is 0 Å². The molecule has 0 saturated heterocycles. The molecule has 0 aliphatic rings. The van der Waals surface area contributed by atoms with E-state index in [9.17, 15) is 13.0 Å². The number of benzene rings is 1. The Morgan fingerprint density at radius 3 is 2.31 bits per heavy atom. The van der Waals surface area contributed by atoms with Crippen LogP contribution >= 0.6 is 0 Å². The molecule has 0 atom stereocenters. The summed E-state index contributed by atoms with van der Waals surface area (Å²) in [5, 5.41) is 0. The minimum atomic E-state index is -4.04. The molecule has 0 unspecified atom stereocenters. The van der Waals surface area contributed by atoms with Gasteiger partial charge in [0.15, 0.2) is 0 Å². The predicted octanol–water partition coefficient (Wildman–Crippen LogP) is 1.16. The van der Waals surface area contributed by atoms with E-state index in [1.165, 1.54) is 0 Å². The molecular formula is C9H11O3S-. The highest BCUT2D eigenvalue weighted by Gasteiger charge is 1.96. The molecule has 1 rings (SSSR count). The van der Waals surface area contributed by atoms with Gasteiger partial charge in [-0.25, -0.2) is 8.42 Å². The zero-order valence-electron chi connectivity index (χ0n) is 7.14. The molecule has 0 bridgehead atoms. The first-order valence-electron chi connectivity index (χ1n) is 4.05. The fourth-order valence-electron chi connectivity index (χ4n) is 1.10. The maximum absolute atomic E-state index is 10.3. The van der Waals surface area contributed by atoms with Crippen LogP contribution in [0.3, 0.4) is 0 Å². The van der Waals surface area contributed by atoms with Crippen molar-refractivity contribution in [1.82, 2.24) is 0 Å². The summed E-state index contributed by atoms with van der Waals surface area (Å²) in [6.45, 7) is 0. The largest absolute Gasteiger partial charge is 0.748 e. The summed E-state index contributed by atoms with van der Waals surface area (Å²) < 4.78 is 30.8. The van der Waals surface area contributed by atoms with Crippen LogP contribution in [0.1, 0.15) is 12.0 Å². The molecule has 0 heterocycles. The van der Waals surface area contributed by atoms with Crippen molar-refractivity contribution in [3.05, 3.63) is 35.9 Å². The first-order chi connectivity index (χ1) is 6.08. The Kier molecular flexibility index (Phi) is 3.45. The number of hydrogen-bond donors (Lipinski definition) is 0. The lowest BCUT2D eigenvalue weighted by Crippen LogP contribution is -2.05. The highest BCUT2D eigenvalue weighted by atomic mass is 32.2. The van der Waals surface area contributed by atoms with Crippen LogP contribution in [0, 0.1) is 0 Å². The van der Waals surface area contributed by atoms with Crippen LogP contribution in [-0.2, 0) is 16.5 Å².